The van der Waals surface area contributed by atoms with Gasteiger partial charge in [0.1, 0.15) is 0 Å². The Hall–Kier alpha value is -2.70. The Kier molecular flexibility index (Phi) is 5.15. The Morgan fingerprint density at radius 3 is 2.54 bits per heavy atom. The molecule has 0 bridgehead atoms. The van der Waals surface area contributed by atoms with E-state index in [-0.39, 0.29) is 10.8 Å². The predicted molar refractivity (Wildman–Crippen MR) is 108 cm³/mol. The maximum absolute atomic E-state index is 12.1. The average Bonchev–Trinajstić information content (AvgIpc) is 3.12. The third-order valence-electron chi connectivity index (χ3n) is 4.94. The summed E-state index contributed by atoms with van der Waals surface area (Å²) in [4.78, 5) is 4.83. The summed E-state index contributed by atoms with van der Waals surface area (Å²) in [6, 6.07) is 16.6. The van der Waals surface area contributed by atoms with E-state index in [4.69, 9.17) is 14.5 Å². The van der Waals surface area contributed by atoms with Gasteiger partial charge in [0.05, 0.1) is 10.6 Å². The molecule has 2 N–H and O–H groups in total. The summed E-state index contributed by atoms with van der Waals surface area (Å²) in [7, 11) is -3.88. The van der Waals surface area contributed by atoms with Crippen LogP contribution in [0.3, 0.4) is 0 Å². The van der Waals surface area contributed by atoms with Crippen molar-refractivity contribution >= 4 is 10.0 Å². The van der Waals surface area contributed by atoms with Gasteiger partial charge in [0.15, 0.2) is 11.7 Å². The van der Waals surface area contributed by atoms with Crippen LogP contribution in [0, 0.1) is 0 Å². The molecule has 1 atom stereocenters. The Morgan fingerprint density at radius 1 is 1.07 bits per heavy atom. The molecule has 28 heavy (non-hydrogen) atoms. The molecule has 0 spiro atoms. The minimum Gasteiger partial charge on any atom is -0.440 e. The Bertz CT molecular complexity index is 1100. The molecule has 6 heteroatoms. The topological polar surface area (TPSA) is 86.2 Å². The van der Waals surface area contributed by atoms with E-state index in [9.17, 15) is 8.42 Å². The Balaban J connectivity index is 1.84. The van der Waals surface area contributed by atoms with Crippen LogP contribution >= 0.6 is 0 Å². The zero-order valence-electron chi connectivity index (χ0n) is 15.4. The van der Waals surface area contributed by atoms with E-state index in [1.165, 1.54) is 6.07 Å². The van der Waals surface area contributed by atoms with Crippen molar-refractivity contribution in [2.24, 2.45) is 5.14 Å². The minimum atomic E-state index is -3.88. The number of sulfonamides is 1. The first-order chi connectivity index (χ1) is 13.5. The minimum absolute atomic E-state index is 0.0541. The monoisotopic (exact) mass is 394 g/mol. The van der Waals surface area contributed by atoms with E-state index in [2.05, 4.69) is 12.2 Å². The molecular weight excluding hydrogens is 372 g/mol. The van der Waals surface area contributed by atoms with Gasteiger partial charge < -0.3 is 4.42 Å². The SMILES string of the molecule is NS(=O)(=O)c1ccccc1-c1oc(Cc2ccccc2)nc1C1C=CCCC1. The predicted octanol–water partition coefficient (Wildman–Crippen LogP) is 4.40. The fourth-order valence-electron chi connectivity index (χ4n) is 3.61. The zero-order valence-corrected chi connectivity index (χ0v) is 16.2. The number of primary sulfonamides is 1. The Morgan fingerprint density at radius 2 is 1.82 bits per heavy atom. The van der Waals surface area contributed by atoms with Crippen molar-refractivity contribution < 1.29 is 12.8 Å². The summed E-state index contributed by atoms with van der Waals surface area (Å²) >= 11 is 0. The first-order valence-electron chi connectivity index (χ1n) is 9.35. The van der Waals surface area contributed by atoms with Crippen LogP contribution in [0.4, 0.5) is 0 Å². The second-order valence-electron chi connectivity index (χ2n) is 6.99. The lowest BCUT2D eigenvalue weighted by atomic mass is 9.91. The highest BCUT2D eigenvalue weighted by Crippen LogP contribution is 2.38. The van der Waals surface area contributed by atoms with Crippen molar-refractivity contribution in [3.05, 3.63) is 83.9 Å². The molecule has 0 amide bonds. The third-order valence-corrected chi connectivity index (χ3v) is 5.91. The lowest BCUT2D eigenvalue weighted by molar-refractivity contribution is 0.516. The maximum atomic E-state index is 12.1. The highest BCUT2D eigenvalue weighted by molar-refractivity contribution is 7.89. The van der Waals surface area contributed by atoms with Crippen molar-refractivity contribution in [3.63, 3.8) is 0 Å². The molecule has 144 valence electrons. The number of nitrogens with two attached hydrogens (primary N) is 1. The molecule has 0 radical (unpaired) electrons. The largest absolute Gasteiger partial charge is 0.440 e. The average molecular weight is 394 g/mol. The summed E-state index contributed by atoms with van der Waals surface area (Å²) in [5.74, 6) is 1.16. The van der Waals surface area contributed by atoms with Crippen molar-refractivity contribution in [2.75, 3.05) is 0 Å². The van der Waals surface area contributed by atoms with Gasteiger partial charge in [-0.25, -0.2) is 18.5 Å². The molecule has 1 heterocycles. The highest BCUT2D eigenvalue weighted by Gasteiger charge is 2.26. The van der Waals surface area contributed by atoms with Gasteiger partial charge in [-0.05, 0) is 37.0 Å². The number of rotatable bonds is 5. The lowest BCUT2D eigenvalue weighted by Crippen LogP contribution is -2.13. The van der Waals surface area contributed by atoms with Gasteiger partial charge in [-0.15, -0.1) is 0 Å². The second-order valence-corrected chi connectivity index (χ2v) is 8.52. The molecule has 4 rings (SSSR count). The van der Waals surface area contributed by atoms with Crippen LogP contribution in [0.2, 0.25) is 0 Å². The summed E-state index contributed by atoms with van der Waals surface area (Å²) in [5, 5.41) is 5.45. The lowest BCUT2D eigenvalue weighted by Gasteiger charge is -2.15. The molecule has 3 aromatic rings. The molecule has 1 aliphatic rings. The fourth-order valence-corrected chi connectivity index (χ4v) is 4.35. The van der Waals surface area contributed by atoms with Gasteiger partial charge in [-0.3, -0.25) is 0 Å². The third kappa shape index (κ3) is 3.93. The van der Waals surface area contributed by atoms with Crippen LogP contribution in [0.5, 0.6) is 0 Å². The molecule has 2 aromatic carbocycles. The first-order valence-corrected chi connectivity index (χ1v) is 10.9. The van der Waals surface area contributed by atoms with E-state index >= 15 is 0 Å². The number of allylic oxidation sites excluding steroid dienone is 2. The maximum Gasteiger partial charge on any atom is 0.238 e. The zero-order chi connectivity index (χ0) is 19.6. The van der Waals surface area contributed by atoms with Crippen LogP contribution in [0.15, 0.2) is 76.1 Å². The number of hydrogen-bond acceptors (Lipinski definition) is 4. The summed E-state index contributed by atoms with van der Waals surface area (Å²) in [6.07, 6.45) is 7.90. The standard InChI is InChI=1S/C22H22N2O3S/c23-28(25,26)19-14-8-7-13-18(19)22-21(17-11-5-2-6-12-17)24-20(27-22)15-16-9-3-1-4-10-16/h1,3-5,7-11,13-14,17H,2,6,12,15H2,(H2,23,25,26). The van der Waals surface area contributed by atoms with Crippen molar-refractivity contribution in [1.82, 2.24) is 4.98 Å². The fraction of sp³-hybridized carbons (Fsp3) is 0.227. The molecule has 1 aromatic heterocycles. The van der Waals surface area contributed by atoms with Gasteiger partial charge in [-0.1, -0.05) is 54.6 Å². The molecule has 0 fully saturated rings. The Labute approximate surface area is 165 Å². The molecular formula is C22H22N2O3S. The number of benzene rings is 2. The second kappa shape index (κ2) is 7.73. The number of hydrogen-bond donors (Lipinski definition) is 1. The van der Waals surface area contributed by atoms with Gasteiger partial charge >= 0.3 is 0 Å². The van der Waals surface area contributed by atoms with Gasteiger partial charge in [0, 0.05) is 17.9 Å². The summed E-state index contributed by atoms with van der Waals surface area (Å²) in [6.45, 7) is 0. The van der Waals surface area contributed by atoms with E-state index in [0.29, 0.717) is 23.6 Å². The van der Waals surface area contributed by atoms with Crippen LogP contribution in [-0.2, 0) is 16.4 Å². The van der Waals surface area contributed by atoms with Crippen LogP contribution < -0.4 is 5.14 Å². The van der Waals surface area contributed by atoms with Crippen LogP contribution in [-0.4, -0.2) is 13.4 Å². The molecule has 1 aliphatic carbocycles. The molecule has 0 aliphatic heterocycles. The molecule has 1 unspecified atom stereocenters. The van der Waals surface area contributed by atoms with Crippen molar-refractivity contribution in [1.29, 1.82) is 0 Å². The van der Waals surface area contributed by atoms with Gasteiger partial charge in [0.2, 0.25) is 10.0 Å². The van der Waals surface area contributed by atoms with Crippen molar-refractivity contribution in [2.45, 2.75) is 36.5 Å². The van der Waals surface area contributed by atoms with E-state index in [1.807, 2.05) is 30.3 Å². The van der Waals surface area contributed by atoms with Crippen LogP contribution in [0.25, 0.3) is 11.3 Å². The van der Waals surface area contributed by atoms with Gasteiger partial charge in [-0.2, -0.15) is 0 Å². The normalized spacial score (nSPS) is 17.0. The van der Waals surface area contributed by atoms with E-state index in [0.717, 1.165) is 30.5 Å². The quantitative estimate of drug-likeness (QED) is 0.650. The van der Waals surface area contributed by atoms with Gasteiger partial charge in [0.25, 0.3) is 0 Å². The molecule has 0 saturated heterocycles. The van der Waals surface area contributed by atoms with E-state index in [1.54, 1.807) is 18.2 Å². The highest BCUT2D eigenvalue weighted by atomic mass is 32.2. The summed E-state index contributed by atoms with van der Waals surface area (Å²) in [5.41, 5.74) is 2.32. The first kappa shape index (κ1) is 18.7. The molecule has 5 nitrogen and oxygen atoms in total. The number of oxazole rings is 1. The molecule has 0 saturated carbocycles. The van der Waals surface area contributed by atoms with E-state index < -0.39 is 10.0 Å². The van der Waals surface area contributed by atoms with Crippen LogP contribution in [0.1, 0.15) is 42.3 Å². The van der Waals surface area contributed by atoms with Crippen molar-refractivity contribution in [3.8, 4) is 11.3 Å². The number of aromatic nitrogens is 1. The number of nitrogens with zero attached hydrogens (tertiary/aromatic N) is 1. The smallest absolute Gasteiger partial charge is 0.238 e. The summed E-state index contributed by atoms with van der Waals surface area (Å²) < 4.78 is 30.4.